The third-order valence-electron chi connectivity index (χ3n) is 5.71. The smallest absolute Gasteiger partial charge is 0.0687 e. The van der Waals surface area contributed by atoms with Crippen molar-refractivity contribution in [1.29, 1.82) is 0 Å². The van der Waals surface area contributed by atoms with Gasteiger partial charge in [0.25, 0.3) is 0 Å². The molecular weight excluding hydrogens is 244 g/mol. The Bertz CT molecular complexity index is 277. The largest absolute Gasteiger partial charge is 0.372 e. The van der Waals surface area contributed by atoms with Crippen molar-refractivity contribution < 1.29 is 4.74 Å². The highest BCUT2D eigenvalue weighted by atomic mass is 35.5. The van der Waals surface area contributed by atoms with Crippen molar-refractivity contribution in [2.75, 3.05) is 5.88 Å². The molecule has 2 saturated carbocycles. The fourth-order valence-electron chi connectivity index (χ4n) is 4.60. The van der Waals surface area contributed by atoms with Gasteiger partial charge < -0.3 is 4.74 Å². The first-order valence-corrected chi connectivity index (χ1v) is 8.53. The molecule has 0 radical (unpaired) electrons. The summed E-state index contributed by atoms with van der Waals surface area (Å²) in [6, 6.07) is 0. The lowest BCUT2D eigenvalue weighted by molar-refractivity contribution is -0.0550. The first-order valence-electron chi connectivity index (χ1n) is 8.00. The fraction of sp³-hybridized carbons (Fsp3) is 1.00. The summed E-state index contributed by atoms with van der Waals surface area (Å²) in [5.74, 6) is 0.847. The van der Waals surface area contributed by atoms with Crippen molar-refractivity contribution in [2.24, 2.45) is 5.41 Å². The number of alkyl halides is 1. The minimum atomic E-state index is 0.298. The molecule has 1 atom stereocenters. The molecule has 0 N–H and O–H groups in total. The summed E-state index contributed by atoms with van der Waals surface area (Å²) in [6.07, 6.45) is 16.6. The minimum Gasteiger partial charge on any atom is -0.372 e. The van der Waals surface area contributed by atoms with Crippen LogP contribution in [0.15, 0.2) is 0 Å². The Morgan fingerprint density at radius 1 is 0.889 bits per heavy atom. The van der Waals surface area contributed by atoms with E-state index in [-0.39, 0.29) is 0 Å². The van der Waals surface area contributed by atoms with Gasteiger partial charge in [0.2, 0.25) is 0 Å². The Labute approximate surface area is 117 Å². The van der Waals surface area contributed by atoms with Crippen LogP contribution in [-0.2, 0) is 4.74 Å². The van der Waals surface area contributed by atoms with Crippen LogP contribution in [0, 0.1) is 5.41 Å². The van der Waals surface area contributed by atoms with Gasteiger partial charge in [-0.25, -0.2) is 0 Å². The van der Waals surface area contributed by atoms with E-state index >= 15 is 0 Å². The lowest BCUT2D eigenvalue weighted by Gasteiger charge is -2.38. The van der Waals surface area contributed by atoms with Gasteiger partial charge in [0.15, 0.2) is 0 Å². The first kappa shape index (κ1) is 13.2. The first-order chi connectivity index (χ1) is 8.76. The van der Waals surface area contributed by atoms with E-state index in [0.717, 1.165) is 5.88 Å². The average Bonchev–Trinajstić information content (AvgIpc) is 3.02. The predicted octanol–water partition coefficient (Wildman–Crippen LogP) is 5.06. The van der Waals surface area contributed by atoms with Crippen molar-refractivity contribution >= 4 is 11.6 Å². The van der Waals surface area contributed by atoms with Crippen molar-refractivity contribution in [3.8, 4) is 0 Å². The Balaban J connectivity index is 1.59. The maximum Gasteiger partial charge on any atom is 0.0687 e. The van der Waals surface area contributed by atoms with E-state index in [2.05, 4.69) is 0 Å². The highest BCUT2D eigenvalue weighted by Gasteiger charge is 2.44. The van der Waals surface area contributed by atoms with Crippen LogP contribution in [0.25, 0.3) is 0 Å². The Morgan fingerprint density at radius 2 is 1.56 bits per heavy atom. The molecule has 18 heavy (non-hydrogen) atoms. The fourth-order valence-corrected chi connectivity index (χ4v) is 4.98. The van der Waals surface area contributed by atoms with Gasteiger partial charge in [-0.2, -0.15) is 0 Å². The monoisotopic (exact) mass is 270 g/mol. The summed E-state index contributed by atoms with van der Waals surface area (Å²) >= 11 is 6.31. The van der Waals surface area contributed by atoms with E-state index in [1.54, 1.807) is 0 Å². The van der Waals surface area contributed by atoms with Crippen molar-refractivity contribution in [3.63, 3.8) is 0 Å². The summed E-state index contributed by atoms with van der Waals surface area (Å²) in [5.41, 5.74) is 0.710. The van der Waals surface area contributed by atoms with Gasteiger partial charge in [-0.05, 0) is 50.4 Å². The molecule has 1 aliphatic heterocycles. The number of hydrogen-bond donors (Lipinski definition) is 0. The second-order valence-corrected chi connectivity index (χ2v) is 7.33. The summed E-state index contributed by atoms with van der Waals surface area (Å²) in [6.45, 7) is 0. The molecule has 0 aromatic rings. The molecule has 0 aromatic carbocycles. The van der Waals surface area contributed by atoms with Gasteiger partial charge in [-0.3, -0.25) is 0 Å². The molecule has 1 unspecified atom stereocenters. The van der Waals surface area contributed by atoms with E-state index in [1.807, 2.05) is 0 Å². The van der Waals surface area contributed by atoms with Gasteiger partial charge in [0.05, 0.1) is 11.7 Å². The maximum atomic E-state index is 6.48. The zero-order valence-electron chi connectivity index (χ0n) is 11.6. The van der Waals surface area contributed by atoms with Crippen LogP contribution >= 0.6 is 11.6 Å². The van der Waals surface area contributed by atoms with Gasteiger partial charge in [-0.15, -0.1) is 11.6 Å². The van der Waals surface area contributed by atoms with Gasteiger partial charge >= 0.3 is 0 Å². The molecule has 0 amide bonds. The van der Waals surface area contributed by atoms with E-state index < -0.39 is 0 Å². The number of halogens is 1. The van der Waals surface area contributed by atoms with Crippen LogP contribution < -0.4 is 0 Å². The van der Waals surface area contributed by atoms with Crippen molar-refractivity contribution in [1.82, 2.24) is 0 Å². The van der Waals surface area contributed by atoms with Crippen molar-refractivity contribution in [2.45, 2.75) is 88.8 Å². The Kier molecular flexibility index (Phi) is 3.92. The van der Waals surface area contributed by atoms with Crippen LogP contribution in [0.2, 0.25) is 0 Å². The molecular formula is C16H27ClO. The highest BCUT2D eigenvalue weighted by molar-refractivity contribution is 6.18. The number of hydrogen-bond acceptors (Lipinski definition) is 1. The molecule has 1 heterocycles. The second-order valence-electron chi connectivity index (χ2n) is 7.07. The summed E-state index contributed by atoms with van der Waals surface area (Å²) in [5, 5.41) is 0. The molecule has 2 aliphatic carbocycles. The summed E-state index contributed by atoms with van der Waals surface area (Å²) in [4.78, 5) is 0. The number of rotatable bonds is 3. The normalized spacial score (nSPS) is 34.2. The van der Waals surface area contributed by atoms with Gasteiger partial charge in [0.1, 0.15) is 0 Å². The maximum absolute atomic E-state index is 6.48. The molecule has 104 valence electrons. The number of ether oxygens (including phenoxy) is 1. The van der Waals surface area contributed by atoms with E-state index in [9.17, 15) is 0 Å². The molecule has 3 aliphatic rings. The third kappa shape index (κ3) is 2.58. The Hall–Kier alpha value is 0.250. The topological polar surface area (TPSA) is 9.23 Å². The zero-order valence-corrected chi connectivity index (χ0v) is 12.3. The van der Waals surface area contributed by atoms with E-state index in [0.29, 0.717) is 17.1 Å². The van der Waals surface area contributed by atoms with E-state index in [4.69, 9.17) is 16.3 Å². The molecule has 2 heteroatoms. The molecule has 3 fully saturated rings. The SMILES string of the molecule is ClCC1(CC2CCC3(CCCC3)O2)CCCCC1. The van der Waals surface area contributed by atoms with E-state index in [1.165, 1.54) is 77.0 Å². The zero-order chi connectivity index (χ0) is 12.5. The predicted molar refractivity (Wildman–Crippen MR) is 76.2 cm³/mol. The summed E-state index contributed by atoms with van der Waals surface area (Å²) in [7, 11) is 0. The molecule has 1 nitrogen and oxygen atoms in total. The second kappa shape index (κ2) is 5.32. The van der Waals surface area contributed by atoms with Crippen LogP contribution in [0.1, 0.15) is 77.0 Å². The quantitative estimate of drug-likeness (QED) is 0.652. The lowest BCUT2D eigenvalue weighted by atomic mass is 9.72. The minimum absolute atomic E-state index is 0.298. The average molecular weight is 271 g/mol. The molecule has 3 rings (SSSR count). The van der Waals surface area contributed by atoms with Crippen molar-refractivity contribution in [3.05, 3.63) is 0 Å². The standard InChI is InChI=1S/C16H27ClO/c17-13-15(7-2-1-3-8-15)12-14-6-11-16(18-14)9-4-5-10-16/h14H,1-13H2. The molecule has 1 spiro atoms. The third-order valence-corrected chi connectivity index (χ3v) is 6.28. The lowest BCUT2D eigenvalue weighted by Crippen LogP contribution is -2.32. The Morgan fingerprint density at radius 3 is 2.22 bits per heavy atom. The highest BCUT2D eigenvalue weighted by Crippen LogP contribution is 2.48. The van der Waals surface area contributed by atoms with Crippen LogP contribution in [0.3, 0.4) is 0 Å². The molecule has 0 aromatic heterocycles. The van der Waals surface area contributed by atoms with Gasteiger partial charge in [0, 0.05) is 5.88 Å². The van der Waals surface area contributed by atoms with Crippen LogP contribution in [0.5, 0.6) is 0 Å². The van der Waals surface area contributed by atoms with Crippen LogP contribution in [0.4, 0.5) is 0 Å². The molecule has 1 saturated heterocycles. The molecule has 0 bridgehead atoms. The van der Waals surface area contributed by atoms with Gasteiger partial charge in [-0.1, -0.05) is 32.1 Å². The summed E-state index contributed by atoms with van der Waals surface area (Å²) < 4.78 is 6.48. The van der Waals surface area contributed by atoms with Crippen LogP contribution in [-0.4, -0.2) is 17.6 Å².